The molecule has 0 spiro atoms. The molecular formula is C16H19N3O. The zero-order valence-electron chi connectivity index (χ0n) is 11.9. The van der Waals surface area contributed by atoms with E-state index in [-0.39, 0.29) is 0 Å². The maximum atomic E-state index is 5.30. The summed E-state index contributed by atoms with van der Waals surface area (Å²) in [6.07, 6.45) is 2.11. The van der Waals surface area contributed by atoms with E-state index in [9.17, 15) is 0 Å². The van der Waals surface area contributed by atoms with Crippen molar-refractivity contribution in [2.45, 2.75) is 26.9 Å². The molecule has 0 bridgehead atoms. The fraction of sp³-hybridized carbons (Fsp3) is 0.312. The summed E-state index contributed by atoms with van der Waals surface area (Å²) in [6, 6.07) is 10.6. The maximum Gasteiger partial charge on any atom is 0.156 e. The van der Waals surface area contributed by atoms with Crippen molar-refractivity contribution in [3.8, 4) is 0 Å². The van der Waals surface area contributed by atoms with Crippen LogP contribution in [0.15, 0.2) is 41.1 Å². The van der Waals surface area contributed by atoms with Crippen LogP contribution in [0.2, 0.25) is 0 Å². The molecule has 0 radical (unpaired) electrons. The quantitative estimate of drug-likeness (QED) is 0.774. The maximum absolute atomic E-state index is 5.30. The lowest BCUT2D eigenvalue weighted by atomic mass is 10.1. The summed E-state index contributed by atoms with van der Waals surface area (Å²) in [5.41, 5.74) is 3.48. The minimum Gasteiger partial charge on any atom is -0.359 e. The third-order valence-electron chi connectivity index (χ3n) is 3.47. The molecule has 2 aromatic heterocycles. The van der Waals surface area contributed by atoms with E-state index in [0.29, 0.717) is 0 Å². The Morgan fingerprint density at radius 1 is 1.30 bits per heavy atom. The highest BCUT2D eigenvalue weighted by Gasteiger charge is 2.07. The highest BCUT2D eigenvalue weighted by Crippen LogP contribution is 2.21. The van der Waals surface area contributed by atoms with Gasteiger partial charge in [0, 0.05) is 29.7 Å². The van der Waals surface area contributed by atoms with Crippen LogP contribution in [0.3, 0.4) is 0 Å². The number of nitrogens with one attached hydrogen (secondary N) is 1. The first-order chi connectivity index (χ1) is 9.78. The minimum atomic E-state index is 0.717. The number of aryl methyl sites for hydroxylation is 1. The molecule has 4 heteroatoms. The Hall–Kier alpha value is -2.07. The van der Waals surface area contributed by atoms with Gasteiger partial charge in [-0.1, -0.05) is 24.2 Å². The topological polar surface area (TPSA) is 43.0 Å². The molecule has 0 saturated heterocycles. The average molecular weight is 269 g/mol. The van der Waals surface area contributed by atoms with Crippen molar-refractivity contribution >= 4 is 10.9 Å². The third-order valence-corrected chi connectivity index (χ3v) is 3.47. The lowest BCUT2D eigenvalue weighted by Crippen LogP contribution is -2.11. The Bertz CT molecular complexity index is 711. The molecule has 0 aliphatic rings. The summed E-state index contributed by atoms with van der Waals surface area (Å²) >= 11 is 0. The predicted octanol–water partition coefficient (Wildman–Crippen LogP) is 3.10. The molecule has 3 aromatic rings. The molecule has 104 valence electrons. The number of hydrogen-bond acceptors (Lipinski definition) is 3. The minimum absolute atomic E-state index is 0.717. The monoisotopic (exact) mass is 269 g/mol. The van der Waals surface area contributed by atoms with Gasteiger partial charge in [0.15, 0.2) is 5.76 Å². The van der Waals surface area contributed by atoms with E-state index in [1.54, 1.807) is 0 Å². The van der Waals surface area contributed by atoms with Gasteiger partial charge < -0.3 is 14.4 Å². The van der Waals surface area contributed by atoms with Gasteiger partial charge in [-0.2, -0.15) is 0 Å². The van der Waals surface area contributed by atoms with Gasteiger partial charge in [-0.25, -0.2) is 0 Å². The van der Waals surface area contributed by atoms with Crippen molar-refractivity contribution in [3.63, 3.8) is 0 Å². The molecule has 0 aliphatic carbocycles. The lowest BCUT2D eigenvalue weighted by molar-refractivity contribution is 0.374. The van der Waals surface area contributed by atoms with Crippen molar-refractivity contribution in [3.05, 3.63) is 53.5 Å². The van der Waals surface area contributed by atoms with Crippen molar-refractivity contribution in [2.75, 3.05) is 6.54 Å². The Morgan fingerprint density at radius 2 is 2.20 bits per heavy atom. The van der Waals surface area contributed by atoms with E-state index < -0.39 is 0 Å². The Labute approximate surface area is 118 Å². The fourth-order valence-electron chi connectivity index (χ4n) is 2.50. The first-order valence-electron chi connectivity index (χ1n) is 6.97. The van der Waals surface area contributed by atoms with E-state index in [4.69, 9.17) is 4.52 Å². The van der Waals surface area contributed by atoms with Gasteiger partial charge in [-0.3, -0.25) is 0 Å². The highest BCUT2D eigenvalue weighted by atomic mass is 16.5. The standard InChI is InChI=1S/C16H19N3O/c1-3-17-10-13-5-4-6-16-15(13)7-8-19(16)11-14-9-12(2)18-20-14/h4-9,17H,3,10-11H2,1-2H3. The summed E-state index contributed by atoms with van der Waals surface area (Å²) < 4.78 is 7.50. The van der Waals surface area contributed by atoms with E-state index >= 15 is 0 Å². The second-order valence-electron chi connectivity index (χ2n) is 5.01. The Morgan fingerprint density at radius 3 is 2.95 bits per heavy atom. The molecule has 0 atom stereocenters. The van der Waals surface area contributed by atoms with Gasteiger partial charge in [-0.05, 0) is 31.2 Å². The summed E-state index contributed by atoms with van der Waals surface area (Å²) in [5.74, 6) is 0.886. The van der Waals surface area contributed by atoms with Crippen LogP contribution in [0.4, 0.5) is 0 Å². The molecule has 0 aliphatic heterocycles. The zero-order valence-corrected chi connectivity index (χ0v) is 11.9. The van der Waals surface area contributed by atoms with Crippen molar-refractivity contribution in [1.29, 1.82) is 0 Å². The second-order valence-corrected chi connectivity index (χ2v) is 5.01. The van der Waals surface area contributed by atoms with Crippen LogP contribution in [-0.2, 0) is 13.1 Å². The second kappa shape index (κ2) is 5.51. The summed E-state index contributed by atoms with van der Waals surface area (Å²) in [4.78, 5) is 0. The number of hydrogen-bond donors (Lipinski definition) is 1. The van der Waals surface area contributed by atoms with Crippen molar-refractivity contribution in [2.24, 2.45) is 0 Å². The molecular weight excluding hydrogens is 250 g/mol. The van der Waals surface area contributed by atoms with Crippen LogP contribution in [0.25, 0.3) is 10.9 Å². The van der Waals surface area contributed by atoms with Crippen LogP contribution >= 0.6 is 0 Å². The highest BCUT2D eigenvalue weighted by molar-refractivity contribution is 5.83. The summed E-state index contributed by atoms with van der Waals surface area (Å²) in [5, 5.41) is 8.61. The summed E-state index contributed by atoms with van der Waals surface area (Å²) in [7, 11) is 0. The SMILES string of the molecule is CCNCc1cccc2c1ccn2Cc1cc(C)no1. The van der Waals surface area contributed by atoms with E-state index in [2.05, 4.69) is 52.4 Å². The van der Waals surface area contributed by atoms with Gasteiger partial charge in [0.25, 0.3) is 0 Å². The number of benzene rings is 1. The Balaban J connectivity index is 1.92. The molecule has 1 aromatic carbocycles. The first kappa shape index (κ1) is 12.9. The van der Waals surface area contributed by atoms with Gasteiger partial charge in [0.2, 0.25) is 0 Å². The third kappa shape index (κ3) is 2.47. The largest absolute Gasteiger partial charge is 0.359 e. The summed E-state index contributed by atoms with van der Waals surface area (Å²) in [6.45, 7) is 6.66. The van der Waals surface area contributed by atoms with Crippen LogP contribution in [0.1, 0.15) is 23.9 Å². The lowest BCUT2D eigenvalue weighted by Gasteiger charge is -2.06. The normalized spacial score (nSPS) is 11.3. The molecule has 20 heavy (non-hydrogen) atoms. The molecule has 0 unspecified atom stereocenters. The van der Waals surface area contributed by atoms with Gasteiger partial charge in [0.1, 0.15) is 0 Å². The molecule has 0 amide bonds. The fourth-order valence-corrected chi connectivity index (χ4v) is 2.50. The molecule has 0 fully saturated rings. The predicted molar refractivity (Wildman–Crippen MR) is 79.7 cm³/mol. The van der Waals surface area contributed by atoms with Gasteiger partial charge in [0.05, 0.1) is 12.2 Å². The molecule has 2 heterocycles. The molecule has 3 rings (SSSR count). The van der Waals surface area contributed by atoms with Crippen molar-refractivity contribution in [1.82, 2.24) is 15.0 Å². The van der Waals surface area contributed by atoms with Crippen LogP contribution in [-0.4, -0.2) is 16.3 Å². The molecule has 0 saturated carbocycles. The Kier molecular flexibility index (Phi) is 3.56. The van der Waals surface area contributed by atoms with Crippen molar-refractivity contribution < 1.29 is 4.52 Å². The number of fused-ring (bicyclic) bond motifs is 1. The first-order valence-corrected chi connectivity index (χ1v) is 6.97. The smallest absolute Gasteiger partial charge is 0.156 e. The van der Waals surface area contributed by atoms with E-state index in [1.165, 1.54) is 16.5 Å². The zero-order chi connectivity index (χ0) is 13.9. The van der Waals surface area contributed by atoms with Crippen LogP contribution < -0.4 is 5.32 Å². The number of aromatic nitrogens is 2. The van der Waals surface area contributed by atoms with Gasteiger partial charge in [-0.15, -0.1) is 0 Å². The number of nitrogens with zero attached hydrogens (tertiary/aromatic N) is 2. The van der Waals surface area contributed by atoms with Gasteiger partial charge >= 0.3 is 0 Å². The van der Waals surface area contributed by atoms with Crippen LogP contribution in [0, 0.1) is 6.92 Å². The molecule has 4 nitrogen and oxygen atoms in total. The van der Waals surface area contributed by atoms with E-state index in [1.807, 2.05) is 13.0 Å². The molecule has 1 N–H and O–H groups in total. The number of rotatable bonds is 5. The average Bonchev–Trinajstić information content (AvgIpc) is 3.04. The van der Waals surface area contributed by atoms with E-state index in [0.717, 1.165) is 31.1 Å². The van der Waals surface area contributed by atoms with Crippen LogP contribution in [0.5, 0.6) is 0 Å².